The predicted octanol–water partition coefficient (Wildman–Crippen LogP) is 4.55. The van der Waals surface area contributed by atoms with Gasteiger partial charge < -0.3 is 15.4 Å². The Kier molecular flexibility index (Phi) is 4.87. The minimum absolute atomic E-state index is 0.111. The number of anilines is 2. The lowest BCUT2D eigenvalue weighted by molar-refractivity contribution is -0.114. The summed E-state index contributed by atoms with van der Waals surface area (Å²) in [6.45, 7) is 0.111. The van der Waals surface area contributed by atoms with Gasteiger partial charge in [0.1, 0.15) is 5.75 Å². The molecule has 0 saturated heterocycles. The number of benzene rings is 3. The highest BCUT2D eigenvalue weighted by molar-refractivity contribution is 6.31. The lowest BCUT2D eigenvalue weighted by Crippen LogP contribution is -2.22. The lowest BCUT2D eigenvalue weighted by atomic mass is 10.1. The first kappa shape index (κ1) is 16.1. The van der Waals surface area contributed by atoms with Gasteiger partial charge in [0.2, 0.25) is 5.91 Å². The van der Waals surface area contributed by atoms with Crippen LogP contribution >= 0.6 is 11.6 Å². The Bertz CT molecular complexity index is 875. The second kappa shape index (κ2) is 7.23. The molecule has 0 fully saturated rings. The molecule has 0 aliphatic rings. The Morgan fingerprint density at radius 2 is 1.83 bits per heavy atom. The maximum Gasteiger partial charge on any atom is 0.243 e. The molecular formula is C19H17ClN2O2. The number of nitrogens with one attached hydrogen (secondary N) is 2. The largest absolute Gasteiger partial charge is 0.495 e. The van der Waals surface area contributed by atoms with Crippen molar-refractivity contribution in [1.82, 2.24) is 0 Å². The number of carbonyl (C=O) groups is 1. The summed E-state index contributed by atoms with van der Waals surface area (Å²) in [6, 6.07) is 19.0. The standard InChI is InChI=1S/C19H17ClN2O2/c1-24-18-10-9-14(20)11-17(18)21-12-19(23)22-16-8-4-6-13-5-2-3-7-15(13)16/h2-11,21H,12H2,1H3,(H,22,23). The first-order valence-electron chi connectivity index (χ1n) is 7.52. The van der Waals surface area contributed by atoms with Crippen molar-refractivity contribution >= 4 is 39.7 Å². The van der Waals surface area contributed by atoms with E-state index in [0.29, 0.717) is 16.5 Å². The van der Waals surface area contributed by atoms with Gasteiger partial charge in [-0.3, -0.25) is 4.79 Å². The Morgan fingerprint density at radius 1 is 1.04 bits per heavy atom. The highest BCUT2D eigenvalue weighted by atomic mass is 35.5. The van der Waals surface area contributed by atoms with Gasteiger partial charge >= 0.3 is 0 Å². The van der Waals surface area contributed by atoms with Crippen LogP contribution in [0.15, 0.2) is 60.7 Å². The molecule has 1 amide bonds. The van der Waals surface area contributed by atoms with E-state index in [2.05, 4.69) is 10.6 Å². The normalized spacial score (nSPS) is 10.4. The SMILES string of the molecule is COc1ccc(Cl)cc1NCC(=O)Nc1cccc2ccccc12. The van der Waals surface area contributed by atoms with Crippen molar-refractivity contribution < 1.29 is 9.53 Å². The molecule has 0 aliphatic heterocycles. The van der Waals surface area contributed by atoms with E-state index in [9.17, 15) is 4.79 Å². The molecule has 24 heavy (non-hydrogen) atoms. The van der Waals surface area contributed by atoms with Crippen LogP contribution in [-0.2, 0) is 4.79 Å². The van der Waals surface area contributed by atoms with Gasteiger partial charge in [0.25, 0.3) is 0 Å². The minimum Gasteiger partial charge on any atom is -0.495 e. The van der Waals surface area contributed by atoms with Crippen molar-refractivity contribution in [3.8, 4) is 5.75 Å². The van der Waals surface area contributed by atoms with E-state index in [0.717, 1.165) is 16.5 Å². The zero-order chi connectivity index (χ0) is 16.9. The Balaban J connectivity index is 1.71. The average Bonchev–Trinajstić information content (AvgIpc) is 2.60. The van der Waals surface area contributed by atoms with Crippen LogP contribution in [0.3, 0.4) is 0 Å². The molecule has 0 atom stereocenters. The summed E-state index contributed by atoms with van der Waals surface area (Å²) in [5.41, 5.74) is 1.47. The molecule has 0 radical (unpaired) electrons. The van der Waals surface area contributed by atoms with Gasteiger partial charge in [-0.15, -0.1) is 0 Å². The number of halogens is 1. The monoisotopic (exact) mass is 340 g/mol. The van der Waals surface area contributed by atoms with Crippen molar-refractivity contribution in [2.75, 3.05) is 24.3 Å². The number of methoxy groups -OCH3 is 1. The summed E-state index contributed by atoms with van der Waals surface area (Å²) >= 11 is 5.99. The number of fused-ring (bicyclic) bond motifs is 1. The molecule has 0 saturated carbocycles. The van der Waals surface area contributed by atoms with Crippen LogP contribution in [-0.4, -0.2) is 19.6 Å². The van der Waals surface area contributed by atoms with Crippen molar-refractivity contribution in [3.63, 3.8) is 0 Å². The number of carbonyl (C=O) groups excluding carboxylic acids is 1. The van der Waals surface area contributed by atoms with Crippen LogP contribution in [0.1, 0.15) is 0 Å². The van der Waals surface area contributed by atoms with Gasteiger partial charge in [-0.2, -0.15) is 0 Å². The van der Waals surface area contributed by atoms with Gasteiger partial charge in [0, 0.05) is 16.1 Å². The van der Waals surface area contributed by atoms with Crippen molar-refractivity contribution in [3.05, 3.63) is 65.7 Å². The summed E-state index contributed by atoms with van der Waals surface area (Å²) in [7, 11) is 1.57. The molecule has 2 N–H and O–H groups in total. The number of ether oxygens (including phenoxy) is 1. The molecule has 122 valence electrons. The molecule has 3 rings (SSSR count). The fraction of sp³-hybridized carbons (Fsp3) is 0.105. The van der Waals surface area contributed by atoms with Crippen molar-refractivity contribution in [2.24, 2.45) is 0 Å². The van der Waals surface area contributed by atoms with Crippen LogP contribution in [0.5, 0.6) is 5.75 Å². The summed E-state index contributed by atoms with van der Waals surface area (Å²) < 4.78 is 5.26. The number of amides is 1. The second-order valence-electron chi connectivity index (χ2n) is 5.27. The average molecular weight is 341 g/mol. The third kappa shape index (κ3) is 3.60. The van der Waals surface area contributed by atoms with E-state index in [1.165, 1.54) is 0 Å². The first-order valence-corrected chi connectivity index (χ1v) is 7.90. The fourth-order valence-corrected chi connectivity index (χ4v) is 2.69. The lowest BCUT2D eigenvalue weighted by Gasteiger charge is -2.12. The van der Waals surface area contributed by atoms with Crippen LogP contribution in [0, 0.1) is 0 Å². The molecular weight excluding hydrogens is 324 g/mol. The highest BCUT2D eigenvalue weighted by Gasteiger charge is 2.08. The number of hydrogen-bond donors (Lipinski definition) is 2. The van der Waals surface area contributed by atoms with Crippen molar-refractivity contribution in [1.29, 1.82) is 0 Å². The summed E-state index contributed by atoms with van der Waals surface area (Å²) in [4.78, 5) is 12.3. The van der Waals surface area contributed by atoms with E-state index < -0.39 is 0 Å². The van der Waals surface area contributed by atoms with Crippen LogP contribution in [0.4, 0.5) is 11.4 Å². The van der Waals surface area contributed by atoms with Gasteiger partial charge in [0.15, 0.2) is 0 Å². The summed E-state index contributed by atoms with van der Waals surface area (Å²) in [6.07, 6.45) is 0. The number of hydrogen-bond acceptors (Lipinski definition) is 3. The van der Waals surface area contributed by atoms with E-state index in [1.807, 2.05) is 42.5 Å². The van der Waals surface area contributed by atoms with E-state index >= 15 is 0 Å². The van der Waals surface area contributed by atoms with E-state index in [-0.39, 0.29) is 12.5 Å². The molecule has 0 unspecified atom stereocenters. The van der Waals surface area contributed by atoms with Crippen LogP contribution in [0.25, 0.3) is 10.8 Å². The number of rotatable bonds is 5. The predicted molar refractivity (Wildman–Crippen MR) is 99.1 cm³/mol. The summed E-state index contributed by atoms with van der Waals surface area (Å²) in [5.74, 6) is 0.491. The molecule has 0 aliphatic carbocycles. The zero-order valence-corrected chi connectivity index (χ0v) is 13.9. The van der Waals surface area contributed by atoms with Crippen LogP contribution in [0.2, 0.25) is 5.02 Å². The Morgan fingerprint density at radius 3 is 2.67 bits per heavy atom. The maximum absolute atomic E-state index is 12.3. The topological polar surface area (TPSA) is 50.4 Å². The third-order valence-corrected chi connectivity index (χ3v) is 3.90. The summed E-state index contributed by atoms with van der Waals surface area (Å²) in [5, 5.41) is 8.65. The molecule has 0 aromatic heterocycles. The zero-order valence-electron chi connectivity index (χ0n) is 13.2. The second-order valence-corrected chi connectivity index (χ2v) is 5.71. The van der Waals surface area contributed by atoms with E-state index in [1.54, 1.807) is 25.3 Å². The molecule has 5 heteroatoms. The minimum atomic E-state index is -0.145. The first-order chi connectivity index (χ1) is 11.7. The Hall–Kier alpha value is -2.72. The van der Waals surface area contributed by atoms with Gasteiger partial charge in [-0.25, -0.2) is 0 Å². The maximum atomic E-state index is 12.3. The molecule has 0 spiro atoms. The third-order valence-electron chi connectivity index (χ3n) is 3.66. The Labute approximate surface area is 145 Å². The van der Waals surface area contributed by atoms with E-state index in [4.69, 9.17) is 16.3 Å². The quantitative estimate of drug-likeness (QED) is 0.716. The van der Waals surface area contributed by atoms with Gasteiger partial charge in [-0.1, -0.05) is 48.0 Å². The van der Waals surface area contributed by atoms with Gasteiger partial charge in [-0.05, 0) is 29.7 Å². The van der Waals surface area contributed by atoms with Gasteiger partial charge in [0.05, 0.1) is 19.3 Å². The molecule has 0 heterocycles. The molecule has 3 aromatic carbocycles. The smallest absolute Gasteiger partial charge is 0.243 e. The van der Waals surface area contributed by atoms with Crippen LogP contribution < -0.4 is 15.4 Å². The fourth-order valence-electron chi connectivity index (χ4n) is 2.52. The highest BCUT2D eigenvalue weighted by Crippen LogP contribution is 2.27. The van der Waals surface area contributed by atoms with Crippen molar-refractivity contribution in [2.45, 2.75) is 0 Å². The molecule has 4 nitrogen and oxygen atoms in total. The molecule has 3 aromatic rings. The molecule has 0 bridgehead atoms.